The fourth-order valence-corrected chi connectivity index (χ4v) is 2.33. The molecule has 0 saturated carbocycles. The van der Waals surface area contributed by atoms with E-state index in [0.717, 1.165) is 17.7 Å². The van der Waals surface area contributed by atoms with Crippen LogP contribution < -0.4 is 5.73 Å². The van der Waals surface area contributed by atoms with Gasteiger partial charge in [0.25, 0.3) is 0 Å². The number of benzene rings is 1. The Kier molecular flexibility index (Phi) is 4.87. The van der Waals surface area contributed by atoms with E-state index < -0.39 is 0 Å². The van der Waals surface area contributed by atoms with Crippen LogP contribution in [0.15, 0.2) is 36.7 Å². The summed E-state index contributed by atoms with van der Waals surface area (Å²) in [5.41, 5.74) is 7.92. The van der Waals surface area contributed by atoms with Gasteiger partial charge in [0, 0.05) is 31.4 Å². The lowest BCUT2D eigenvalue weighted by Crippen LogP contribution is -2.30. The molecule has 0 aliphatic rings. The second-order valence-electron chi connectivity index (χ2n) is 4.93. The Morgan fingerprint density at radius 3 is 2.85 bits per heavy atom. The lowest BCUT2D eigenvalue weighted by atomic mass is 10.1. The first kappa shape index (κ1) is 14.7. The second-order valence-corrected chi connectivity index (χ2v) is 4.93. The Balaban J connectivity index is 2.10. The summed E-state index contributed by atoms with van der Waals surface area (Å²) in [5, 5.41) is 4.28. The minimum Gasteiger partial charge on any atom is -0.329 e. The molecule has 2 rings (SSSR count). The summed E-state index contributed by atoms with van der Waals surface area (Å²) >= 11 is 0. The van der Waals surface area contributed by atoms with Gasteiger partial charge in [0.2, 0.25) is 0 Å². The minimum atomic E-state index is -0.209. The van der Waals surface area contributed by atoms with Gasteiger partial charge in [-0.05, 0) is 31.7 Å². The molecular formula is C15H21FN4. The molecule has 0 aliphatic carbocycles. The number of rotatable bonds is 6. The van der Waals surface area contributed by atoms with Crippen LogP contribution in [0.25, 0.3) is 0 Å². The monoisotopic (exact) mass is 276 g/mol. The Hall–Kier alpha value is -1.72. The van der Waals surface area contributed by atoms with Gasteiger partial charge in [0.1, 0.15) is 5.82 Å². The molecular weight excluding hydrogens is 255 g/mol. The Labute approximate surface area is 119 Å². The topological polar surface area (TPSA) is 47.1 Å². The molecule has 1 heterocycles. The fourth-order valence-electron chi connectivity index (χ4n) is 2.33. The van der Waals surface area contributed by atoms with E-state index in [1.54, 1.807) is 12.1 Å². The maximum atomic E-state index is 13.2. The summed E-state index contributed by atoms with van der Waals surface area (Å²) < 4.78 is 15.1. The van der Waals surface area contributed by atoms with Crippen LogP contribution in [0, 0.1) is 5.82 Å². The number of nitrogens with two attached hydrogens (primary N) is 1. The average molecular weight is 276 g/mol. The van der Waals surface area contributed by atoms with Gasteiger partial charge < -0.3 is 5.73 Å². The zero-order valence-corrected chi connectivity index (χ0v) is 12.0. The highest BCUT2D eigenvalue weighted by atomic mass is 19.1. The second kappa shape index (κ2) is 6.63. The molecule has 1 atom stereocenters. The zero-order valence-electron chi connectivity index (χ0n) is 12.0. The van der Waals surface area contributed by atoms with Gasteiger partial charge >= 0.3 is 0 Å². The van der Waals surface area contributed by atoms with Crippen LogP contribution in [0.2, 0.25) is 0 Å². The van der Waals surface area contributed by atoms with E-state index in [1.807, 2.05) is 37.1 Å². The third-order valence-electron chi connectivity index (χ3n) is 3.44. The van der Waals surface area contributed by atoms with E-state index in [2.05, 4.69) is 10.00 Å². The van der Waals surface area contributed by atoms with Crippen molar-refractivity contribution in [3.63, 3.8) is 0 Å². The first-order valence-electron chi connectivity index (χ1n) is 6.81. The quantitative estimate of drug-likeness (QED) is 0.879. The Bertz CT molecular complexity index is 552. The van der Waals surface area contributed by atoms with Gasteiger partial charge in [-0.25, -0.2) is 4.39 Å². The van der Waals surface area contributed by atoms with Crippen LogP contribution >= 0.6 is 0 Å². The molecule has 2 N–H and O–H groups in total. The van der Waals surface area contributed by atoms with Gasteiger partial charge in [-0.1, -0.05) is 12.1 Å². The van der Waals surface area contributed by atoms with Crippen LogP contribution in [0.1, 0.15) is 24.1 Å². The minimum absolute atomic E-state index is 0.0820. The van der Waals surface area contributed by atoms with Gasteiger partial charge in [0.05, 0.1) is 12.2 Å². The summed E-state index contributed by atoms with van der Waals surface area (Å²) in [5.74, 6) is -0.209. The third kappa shape index (κ3) is 3.43. The molecule has 0 aliphatic heterocycles. The summed E-state index contributed by atoms with van der Waals surface area (Å²) in [6, 6.07) is 6.74. The molecule has 5 heteroatoms. The van der Waals surface area contributed by atoms with Crippen molar-refractivity contribution in [2.24, 2.45) is 5.73 Å². The van der Waals surface area contributed by atoms with Crippen molar-refractivity contribution in [2.45, 2.75) is 26.1 Å². The summed E-state index contributed by atoms with van der Waals surface area (Å²) in [7, 11) is 1.99. The van der Waals surface area contributed by atoms with Gasteiger partial charge in [-0.3, -0.25) is 9.58 Å². The molecule has 0 amide bonds. The third-order valence-corrected chi connectivity index (χ3v) is 3.44. The number of aromatic nitrogens is 2. The molecule has 1 aromatic carbocycles. The molecule has 1 unspecified atom stereocenters. The van der Waals surface area contributed by atoms with E-state index in [-0.39, 0.29) is 11.9 Å². The molecule has 108 valence electrons. The van der Waals surface area contributed by atoms with E-state index in [0.29, 0.717) is 13.1 Å². The van der Waals surface area contributed by atoms with Crippen LogP contribution in [-0.2, 0) is 13.1 Å². The van der Waals surface area contributed by atoms with Crippen molar-refractivity contribution in [2.75, 3.05) is 13.6 Å². The maximum absolute atomic E-state index is 13.2. The molecule has 20 heavy (non-hydrogen) atoms. The number of aryl methyl sites for hydroxylation is 1. The highest BCUT2D eigenvalue weighted by molar-refractivity contribution is 5.17. The fraction of sp³-hybridized carbons (Fsp3) is 0.400. The van der Waals surface area contributed by atoms with Crippen molar-refractivity contribution in [1.82, 2.24) is 14.7 Å². The van der Waals surface area contributed by atoms with E-state index >= 15 is 0 Å². The SMILES string of the molecule is CCn1cc(C(CN)N(C)Cc2cccc(F)c2)cn1. The van der Waals surface area contributed by atoms with Crippen molar-refractivity contribution >= 4 is 0 Å². The Morgan fingerprint density at radius 1 is 1.45 bits per heavy atom. The largest absolute Gasteiger partial charge is 0.329 e. The lowest BCUT2D eigenvalue weighted by Gasteiger charge is -2.26. The number of hydrogen-bond donors (Lipinski definition) is 1. The first-order valence-corrected chi connectivity index (χ1v) is 6.81. The van der Waals surface area contributed by atoms with Crippen molar-refractivity contribution in [3.8, 4) is 0 Å². The van der Waals surface area contributed by atoms with E-state index in [1.165, 1.54) is 6.07 Å². The van der Waals surface area contributed by atoms with E-state index in [9.17, 15) is 4.39 Å². The average Bonchev–Trinajstić information content (AvgIpc) is 2.88. The predicted molar refractivity (Wildman–Crippen MR) is 77.6 cm³/mol. The van der Waals surface area contributed by atoms with E-state index in [4.69, 9.17) is 5.73 Å². The van der Waals surface area contributed by atoms with Crippen LogP contribution in [0.4, 0.5) is 4.39 Å². The molecule has 0 bridgehead atoms. The molecule has 0 spiro atoms. The molecule has 2 aromatic rings. The maximum Gasteiger partial charge on any atom is 0.123 e. The van der Waals surface area contributed by atoms with Gasteiger partial charge in [-0.15, -0.1) is 0 Å². The van der Waals surface area contributed by atoms with Crippen LogP contribution in [0.3, 0.4) is 0 Å². The highest BCUT2D eigenvalue weighted by Gasteiger charge is 2.17. The van der Waals surface area contributed by atoms with Crippen molar-refractivity contribution < 1.29 is 4.39 Å². The lowest BCUT2D eigenvalue weighted by molar-refractivity contribution is 0.241. The van der Waals surface area contributed by atoms with Crippen molar-refractivity contribution in [3.05, 3.63) is 53.6 Å². The van der Waals surface area contributed by atoms with Gasteiger partial charge in [0.15, 0.2) is 0 Å². The molecule has 0 radical (unpaired) electrons. The number of nitrogens with zero attached hydrogens (tertiary/aromatic N) is 3. The molecule has 1 aromatic heterocycles. The van der Waals surface area contributed by atoms with Crippen molar-refractivity contribution in [1.29, 1.82) is 0 Å². The standard InChI is InChI=1S/C15H21FN4/c1-3-20-11-13(9-18-20)15(8-17)19(2)10-12-5-4-6-14(16)7-12/h4-7,9,11,15H,3,8,10,17H2,1-2H3. The smallest absolute Gasteiger partial charge is 0.123 e. The highest BCUT2D eigenvalue weighted by Crippen LogP contribution is 2.20. The Morgan fingerprint density at radius 2 is 2.25 bits per heavy atom. The summed E-state index contributed by atoms with van der Waals surface area (Å²) in [4.78, 5) is 2.12. The van der Waals surface area contributed by atoms with Gasteiger partial charge in [-0.2, -0.15) is 5.10 Å². The normalized spacial score (nSPS) is 12.8. The molecule has 0 saturated heterocycles. The first-order chi connectivity index (χ1) is 9.63. The number of halogens is 1. The summed E-state index contributed by atoms with van der Waals surface area (Å²) in [6.07, 6.45) is 3.86. The predicted octanol–water partition coefficient (Wildman–Crippen LogP) is 2.17. The number of likely N-dealkylation sites (N-methyl/N-ethyl adjacent to an activating group) is 1. The zero-order chi connectivity index (χ0) is 14.5. The van der Waals surface area contributed by atoms with Crippen LogP contribution in [-0.4, -0.2) is 28.3 Å². The van der Waals surface area contributed by atoms with Crippen LogP contribution in [0.5, 0.6) is 0 Å². The number of hydrogen-bond acceptors (Lipinski definition) is 3. The summed E-state index contributed by atoms with van der Waals surface area (Å²) in [6.45, 7) is 4.04. The molecule has 0 fully saturated rings. The molecule has 4 nitrogen and oxygen atoms in total.